The van der Waals surface area contributed by atoms with E-state index in [4.69, 9.17) is 0 Å². The van der Waals surface area contributed by atoms with Gasteiger partial charge in [0.25, 0.3) is 0 Å². The number of fused-ring (bicyclic) bond motifs is 1. The molecule has 1 N–H and O–H groups in total. The molecular formula is C10H10BF3NO2-. The highest BCUT2D eigenvalue weighted by Gasteiger charge is 2.24. The third kappa shape index (κ3) is 3.15. The fourth-order valence-electron chi connectivity index (χ4n) is 1.63. The third-order valence-corrected chi connectivity index (χ3v) is 2.42. The van der Waals surface area contributed by atoms with E-state index in [1.807, 2.05) is 0 Å². The minimum atomic E-state index is -4.96. The molecule has 1 aliphatic heterocycles. The quantitative estimate of drug-likeness (QED) is 0.828. The monoisotopic (exact) mass is 244 g/mol. The van der Waals surface area contributed by atoms with Crippen molar-refractivity contribution < 1.29 is 22.5 Å². The molecule has 3 nitrogen and oxygen atoms in total. The number of anilines is 1. The van der Waals surface area contributed by atoms with Gasteiger partial charge < -0.3 is 23.0 Å². The highest BCUT2D eigenvalue weighted by Crippen LogP contribution is 2.27. The van der Waals surface area contributed by atoms with Crippen LogP contribution in [0.3, 0.4) is 0 Å². The first-order valence-electron chi connectivity index (χ1n) is 5.20. The van der Waals surface area contributed by atoms with Gasteiger partial charge in [0.05, 0.1) is 6.51 Å². The van der Waals surface area contributed by atoms with Crippen molar-refractivity contribution in [3.05, 3.63) is 23.8 Å². The molecule has 1 aromatic rings. The van der Waals surface area contributed by atoms with Crippen molar-refractivity contribution in [2.24, 2.45) is 0 Å². The van der Waals surface area contributed by atoms with Crippen molar-refractivity contribution in [1.82, 2.24) is 0 Å². The molecule has 7 heteroatoms. The summed E-state index contributed by atoms with van der Waals surface area (Å²) >= 11 is 0. The summed E-state index contributed by atoms with van der Waals surface area (Å²) in [7, 11) is 0. The lowest BCUT2D eigenvalue weighted by molar-refractivity contribution is -0.116. The molecule has 0 unspecified atom stereocenters. The Kier molecular flexibility index (Phi) is 3.00. The van der Waals surface area contributed by atoms with E-state index < -0.39 is 13.5 Å². The summed E-state index contributed by atoms with van der Waals surface area (Å²) in [6.07, 6.45) is 1.00. The molecule has 0 atom stereocenters. The highest BCUT2D eigenvalue weighted by molar-refractivity contribution is 6.58. The molecule has 0 radical (unpaired) electrons. The molecule has 1 heterocycles. The van der Waals surface area contributed by atoms with Crippen molar-refractivity contribution in [2.45, 2.75) is 12.8 Å². The molecule has 1 amide bonds. The topological polar surface area (TPSA) is 38.3 Å². The van der Waals surface area contributed by atoms with Crippen LogP contribution in [0.5, 0.6) is 5.75 Å². The molecule has 0 aliphatic carbocycles. The number of rotatable bonds is 3. The molecule has 1 aliphatic rings. The number of hydrogen-bond acceptors (Lipinski definition) is 2. The van der Waals surface area contributed by atoms with Crippen LogP contribution >= 0.6 is 0 Å². The van der Waals surface area contributed by atoms with E-state index >= 15 is 0 Å². The maximum Gasteiger partial charge on any atom is 0.515 e. The number of ether oxygens (including phenoxy) is 1. The fourth-order valence-corrected chi connectivity index (χ4v) is 1.63. The predicted octanol–water partition coefficient (Wildman–Crippen LogP) is 2.34. The first-order valence-corrected chi connectivity index (χ1v) is 5.20. The highest BCUT2D eigenvalue weighted by atomic mass is 19.4. The molecule has 0 fully saturated rings. The van der Waals surface area contributed by atoms with E-state index in [1.54, 1.807) is 6.07 Å². The maximum atomic E-state index is 12.0. The lowest BCUT2D eigenvalue weighted by atomic mass is 9.95. The smallest absolute Gasteiger partial charge is 0.515 e. The lowest BCUT2D eigenvalue weighted by Gasteiger charge is -2.19. The number of carbonyl (C=O) groups is 1. The van der Waals surface area contributed by atoms with Crippen molar-refractivity contribution in [3.63, 3.8) is 0 Å². The van der Waals surface area contributed by atoms with Crippen LogP contribution in [0, 0.1) is 0 Å². The second kappa shape index (κ2) is 4.31. The Morgan fingerprint density at radius 2 is 2.06 bits per heavy atom. The Bertz CT molecular complexity index is 448. The fraction of sp³-hybridized carbons (Fsp3) is 0.300. The average molecular weight is 244 g/mol. The standard InChI is InChI=1S/C10H10BF3NO2/c12-11(13,14)6-17-8-3-1-7-2-4-10(16)15-9(7)5-8/h1,3,5H,2,4,6H2,(H,15,16)/q-1. The minimum absolute atomic E-state index is 0.116. The van der Waals surface area contributed by atoms with Gasteiger partial charge in [-0.05, 0) is 18.1 Å². The second-order valence-corrected chi connectivity index (χ2v) is 3.89. The number of aryl methyl sites for hydroxylation is 1. The van der Waals surface area contributed by atoms with Crippen LogP contribution in [-0.2, 0) is 11.2 Å². The number of hydrogen-bond donors (Lipinski definition) is 1. The summed E-state index contributed by atoms with van der Waals surface area (Å²) in [5, 5.41) is 2.60. The van der Waals surface area contributed by atoms with E-state index in [-0.39, 0.29) is 11.7 Å². The Hall–Kier alpha value is -1.66. The molecular weight excluding hydrogens is 234 g/mol. The summed E-state index contributed by atoms with van der Waals surface area (Å²) in [6, 6.07) is 4.58. The van der Waals surface area contributed by atoms with E-state index in [0.29, 0.717) is 18.5 Å². The van der Waals surface area contributed by atoms with Gasteiger partial charge in [-0.3, -0.25) is 4.79 Å². The zero-order chi connectivity index (χ0) is 12.5. The summed E-state index contributed by atoms with van der Waals surface area (Å²) in [6.45, 7) is -6.23. The first-order chi connectivity index (χ1) is 7.94. The number of nitrogens with one attached hydrogen (secondary N) is 1. The van der Waals surface area contributed by atoms with Crippen LogP contribution in [0.15, 0.2) is 18.2 Å². The van der Waals surface area contributed by atoms with Gasteiger partial charge in [0.2, 0.25) is 5.91 Å². The molecule has 0 aromatic heterocycles. The summed E-state index contributed by atoms with van der Waals surface area (Å²) in [5.74, 6) is -0.0140. The second-order valence-electron chi connectivity index (χ2n) is 3.89. The van der Waals surface area contributed by atoms with Gasteiger partial charge >= 0.3 is 6.98 Å². The molecule has 0 bridgehead atoms. The van der Waals surface area contributed by atoms with Crippen molar-refractivity contribution in [3.8, 4) is 5.75 Å². The van der Waals surface area contributed by atoms with Crippen LogP contribution in [0.1, 0.15) is 12.0 Å². The molecule has 0 spiro atoms. The zero-order valence-corrected chi connectivity index (χ0v) is 8.88. The van der Waals surface area contributed by atoms with E-state index in [0.717, 1.165) is 5.56 Å². The molecule has 2 rings (SSSR count). The van der Waals surface area contributed by atoms with Crippen LogP contribution < -0.4 is 10.1 Å². The Morgan fingerprint density at radius 1 is 1.29 bits per heavy atom. The Balaban J connectivity index is 2.10. The van der Waals surface area contributed by atoms with Crippen molar-refractivity contribution in [2.75, 3.05) is 11.8 Å². The van der Waals surface area contributed by atoms with Gasteiger partial charge in [-0.2, -0.15) is 0 Å². The number of carbonyl (C=O) groups excluding carboxylic acids is 1. The van der Waals surface area contributed by atoms with E-state index in [9.17, 15) is 17.7 Å². The molecule has 0 saturated heterocycles. The van der Waals surface area contributed by atoms with Gasteiger partial charge in [-0.1, -0.05) is 6.07 Å². The minimum Gasteiger partial charge on any atom is -0.522 e. The van der Waals surface area contributed by atoms with Crippen LogP contribution in [0.2, 0.25) is 0 Å². The SMILES string of the molecule is O=C1CCc2ccc(OC[B-](F)(F)F)cc2N1. The number of benzene rings is 1. The van der Waals surface area contributed by atoms with Crippen LogP contribution in [0.25, 0.3) is 0 Å². The van der Waals surface area contributed by atoms with Crippen molar-refractivity contribution >= 4 is 18.6 Å². The van der Waals surface area contributed by atoms with Crippen LogP contribution in [0.4, 0.5) is 18.6 Å². The number of amides is 1. The van der Waals surface area contributed by atoms with Gasteiger partial charge in [-0.15, -0.1) is 0 Å². The van der Waals surface area contributed by atoms with Gasteiger partial charge in [0.1, 0.15) is 5.75 Å². The summed E-state index contributed by atoms with van der Waals surface area (Å²) in [4.78, 5) is 11.1. The molecule has 0 saturated carbocycles. The van der Waals surface area contributed by atoms with Gasteiger partial charge in [0, 0.05) is 18.2 Å². The van der Waals surface area contributed by atoms with Gasteiger partial charge in [-0.25, -0.2) is 0 Å². The Labute approximate surface area is 96.0 Å². The average Bonchev–Trinajstić information content (AvgIpc) is 2.24. The normalized spacial score (nSPS) is 15.1. The Morgan fingerprint density at radius 3 is 2.76 bits per heavy atom. The van der Waals surface area contributed by atoms with Crippen LogP contribution in [-0.4, -0.2) is 19.4 Å². The third-order valence-electron chi connectivity index (χ3n) is 2.42. The molecule has 17 heavy (non-hydrogen) atoms. The lowest BCUT2D eigenvalue weighted by Crippen LogP contribution is -2.26. The van der Waals surface area contributed by atoms with E-state index in [1.165, 1.54) is 12.1 Å². The number of halogens is 3. The molecule has 1 aromatic carbocycles. The van der Waals surface area contributed by atoms with Crippen molar-refractivity contribution in [1.29, 1.82) is 0 Å². The van der Waals surface area contributed by atoms with E-state index in [2.05, 4.69) is 10.1 Å². The predicted molar refractivity (Wildman–Crippen MR) is 58.0 cm³/mol. The van der Waals surface area contributed by atoms with Gasteiger partial charge in [0.15, 0.2) is 0 Å². The zero-order valence-electron chi connectivity index (χ0n) is 8.88. The maximum absolute atomic E-state index is 12.0. The summed E-state index contributed by atoms with van der Waals surface area (Å²) in [5.41, 5.74) is 1.45. The first kappa shape index (κ1) is 11.8. The molecule has 92 valence electrons. The largest absolute Gasteiger partial charge is 0.522 e. The summed E-state index contributed by atoms with van der Waals surface area (Å²) < 4.78 is 40.7.